The molecule has 2 rings (SSSR count). The third-order valence-electron chi connectivity index (χ3n) is 2.73. The van der Waals surface area contributed by atoms with Gasteiger partial charge in [0.2, 0.25) is 0 Å². The Morgan fingerprint density at radius 1 is 1.00 bits per heavy atom. The van der Waals surface area contributed by atoms with Crippen LogP contribution in [0.2, 0.25) is 0 Å². The number of alkyl halides is 3. The average Bonchev–Trinajstić information content (AvgIpc) is 2.47. The molecule has 1 radical (unpaired) electrons. The zero-order chi connectivity index (χ0) is 16.2. The number of amides is 2. The second kappa shape index (κ2) is 6.22. The summed E-state index contributed by atoms with van der Waals surface area (Å²) in [6, 6.07) is 9.97. The highest BCUT2D eigenvalue weighted by Gasteiger charge is 2.29. The van der Waals surface area contributed by atoms with Gasteiger partial charge in [0.25, 0.3) is 0 Å². The maximum Gasteiger partial charge on any atom is 0.416 e. The maximum absolute atomic E-state index is 12.4. The van der Waals surface area contributed by atoms with Gasteiger partial charge in [-0.05, 0) is 48.9 Å². The van der Waals surface area contributed by atoms with E-state index in [1.807, 2.05) is 0 Å². The first kappa shape index (κ1) is 15.4. The van der Waals surface area contributed by atoms with E-state index in [1.165, 1.54) is 12.1 Å². The summed E-state index contributed by atoms with van der Waals surface area (Å²) < 4.78 is 37.3. The molecule has 0 aromatic heterocycles. The van der Waals surface area contributed by atoms with E-state index in [1.54, 1.807) is 24.3 Å². The molecule has 3 nitrogen and oxygen atoms in total. The molecular weight excluding hydrogens is 293 g/mol. The van der Waals surface area contributed by atoms with Crippen molar-refractivity contribution in [2.24, 2.45) is 0 Å². The van der Waals surface area contributed by atoms with Crippen molar-refractivity contribution in [2.45, 2.75) is 6.18 Å². The first-order valence-corrected chi connectivity index (χ1v) is 6.16. The number of hydrogen-bond acceptors (Lipinski definition) is 1. The molecule has 2 aromatic carbocycles. The molecule has 111 valence electrons. The molecule has 22 heavy (non-hydrogen) atoms. The van der Waals surface area contributed by atoms with Crippen LogP contribution in [0.1, 0.15) is 11.1 Å². The molecule has 0 aliphatic carbocycles. The van der Waals surface area contributed by atoms with Crippen LogP contribution in [0.5, 0.6) is 0 Å². The minimum atomic E-state index is -4.41. The first-order chi connectivity index (χ1) is 10.4. The predicted molar refractivity (Wildman–Crippen MR) is 76.8 cm³/mol. The van der Waals surface area contributed by atoms with Crippen LogP contribution >= 0.6 is 0 Å². The van der Waals surface area contributed by atoms with Gasteiger partial charge in [-0.3, -0.25) is 0 Å². The number of rotatable bonds is 2. The Hall–Kier alpha value is -2.94. The molecule has 0 unspecified atom stereocenters. The minimum Gasteiger partial charge on any atom is -0.308 e. The van der Waals surface area contributed by atoms with Gasteiger partial charge in [-0.1, -0.05) is 12.0 Å². The van der Waals surface area contributed by atoms with E-state index in [2.05, 4.69) is 16.6 Å². The fourth-order valence-electron chi connectivity index (χ4n) is 1.71. The molecule has 0 aliphatic rings. The highest BCUT2D eigenvalue weighted by atomic mass is 19.4. The Bertz CT molecular complexity index is 715. The normalized spacial score (nSPS) is 10.6. The van der Waals surface area contributed by atoms with E-state index < -0.39 is 17.8 Å². The van der Waals surface area contributed by atoms with Gasteiger partial charge in [-0.25, -0.2) is 4.79 Å². The van der Waals surface area contributed by atoms with Gasteiger partial charge < -0.3 is 10.6 Å². The van der Waals surface area contributed by atoms with Gasteiger partial charge in [-0.15, -0.1) is 0 Å². The highest BCUT2D eigenvalue weighted by Crippen LogP contribution is 2.29. The van der Waals surface area contributed by atoms with Gasteiger partial charge in [0, 0.05) is 16.9 Å². The number of hydrogen-bond donors (Lipinski definition) is 2. The van der Waals surface area contributed by atoms with Crippen LogP contribution in [0.4, 0.5) is 29.3 Å². The number of carbonyl (C=O) groups is 1. The summed E-state index contributed by atoms with van der Waals surface area (Å²) in [5, 5.41) is 4.94. The molecule has 2 N–H and O–H groups in total. The Labute approximate surface area is 125 Å². The first-order valence-electron chi connectivity index (χ1n) is 6.16. The Balaban J connectivity index is 2.01. The van der Waals surface area contributed by atoms with Crippen molar-refractivity contribution in [3.05, 3.63) is 66.1 Å². The van der Waals surface area contributed by atoms with Gasteiger partial charge in [0.15, 0.2) is 0 Å². The Morgan fingerprint density at radius 2 is 1.64 bits per heavy atom. The molecule has 0 saturated heterocycles. The summed E-state index contributed by atoms with van der Waals surface area (Å²) in [7, 11) is 0. The minimum absolute atomic E-state index is 0.236. The summed E-state index contributed by atoms with van der Waals surface area (Å²) in [6.07, 6.45) is 2.59. The predicted octanol–water partition coefficient (Wildman–Crippen LogP) is 4.29. The van der Waals surface area contributed by atoms with Gasteiger partial charge >= 0.3 is 12.2 Å². The average molecular weight is 303 g/mol. The lowest BCUT2D eigenvalue weighted by atomic mass is 10.2. The van der Waals surface area contributed by atoms with Crippen molar-refractivity contribution in [3.8, 4) is 5.92 Å². The van der Waals surface area contributed by atoms with Gasteiger partial charge in [0.05, 0.1) is 5.56 Å². The molecule has 2 amide bonds. The van der Waals surface area contributed by atoms with Crippen molar-refractivity contribution in [2.75, 3.05) is 10.6 Å². The van der Waals surface area contributed by atoms with E-state index in [0.717, 1.165) is 12.1 Å². The smallest absolute Gasteiger partial charge is 0.308 e. The Morgan fingerprint density at radius 3 is 2.23 bits per heavy atom. The fourth-order valence-corrected chi connectivity index (χ4v) is 1.71. The lowest BCUT2D eigenvalue weighted by molar-refractivity contribution is -0.137. The van der Waals surface area contributed by atoms with Crippen molar-refractivity contribution in [1.82, 2.24) is 0 Å². The van der Waals surface area contributed by atoms with Crippen LogP contribution in [0.25, 0.3) is 0 Å². The van der Waals surface area contributed by atoms with Crippen LogP contribution in [0, 0.1) is 12.3 Å². The SMILES string of the molecule is [C]#Cc1cccc(NC(=O)Nc2ccc(C(F)(F)F)cc2)c1. The molecule has 0 spiro atoms. The van der Waals surface area contributed by atoms with Crippen molar-refractivity contribution in [1.29, 1.82) is 0 Å². The van der Waals surface area contributed by atoms with Gasteiger partial charge in [-0.2, -0.15) is 13.2 Å². The zero-order valence-corrected chi connectivity index (χ0v) is 11.2. The number of nitrogens with one attached hydrogen (secondary N) is 2. The third-order valence-corrected chi connectivity index (χ3v) is 2.73. The van der Waals surface area contributed by atoms with Crippen LogP contribution in [0.15, 0.2) is 48.5 Å². The van der Waals surface area contributed by atoms with Crippen molar-refractivity contribution >= 4 is 17.4 Å². The highest BCUT2D eigenvalue weighted by molar-refractivity contribution is 5.99. The van der Waals surface area contributed by atoms with Crippen LogP contribution in [-0.2, 0) is 6.18 Å². The molecular formula is C16H10F3N2O. The van der Waals surface area contributed by atoms with Crippen LogP contribution < -0.4 is 10.6 Å². The van der Waals surface area contributed by atoms with E-state index in [9.17, 15) is 18.0 Å². The monoisotopic (exact) mass is 303 g/mol. The lowest BCUT2D eigenvalue weighted by Gasteiger charge is -2.10. The van der Waals surface area contributed by atoms with Crippen molar-refractivity contribution < 1.29 is 18.0 Å². The molecule has 0 bridgehead atoms. The summed E-state index contributed by atoms with van der Waals surface area (Å²) >= 11 is 0. The maximum atomic E-state index is 12.4. The summed E-state index contributed by atoms with van der Waals surface area (Å²) in [6.45, 7) is 0. The topological polar surface area (TPSA) is 41.1 Å². The Kier molecular flexibility index (Phi) is 4.37. The van der Waals surface area contributed by atoms with Crippen molar-refractivity contribution in [3.63, 3.8) is 0 Å². The fraction of sp³-hybridized carbons (Fsp3) is 0.0625. The number of anilines is 2. The second-order valence-electron chi connectivity index (χ2n) is 4.36. The number of carbonyl (C=O) groups excluding carboxylic acids is 1. The molecule has 0 fully saturated rings. The standard InChI is InChI=1S/C16H10F3N2O/c1-2-11-4-3-5-14(10-11)21-15(22)20-13-8-6-12(7-9-13)16(17,18)19/h3-10H,(H2,20,21,22). The quantitative estimate of drug-likeness (QED) is 0.798. The van der Waals surface area contributed by atoms with Gasteiger partial charge in [0.1, 0.15) is 0 Å². The second-order valence-corrected chi connectivity index (χ2v) is 4.36. The number of urea groups is 1. The lowest BCUT2D eigenvalue weighted by Crippen LogP contribution is -2.19. The molecule has 2 aromatic rings. The van der Waals surface area contributed by atoms with Crippen LogP contribution in [-0.4, -0.2) is 6.03 Å². The van der Waals surface area contributed by atoms with E-state index in [-0.39, 0.29) is 5.69 Å². The molecule has 6 heteroatoms. The summed E-state index contributed by atoms with van der Waals surface area (Å²) in [5.41, 5.74) is 0.391. The number of halogens is 3. The summed E-state index contributed by atoms with van der Waals surface area (Å²) in [4.78, 5) is 11.8. The summed E-state index contributed by atoms with van der Waals surface area (Å²) in [5.74, 6) is 2.18. The third kappa shape index (κ3) is 4.03. The molecule has 0 saturated carbocycles. The van der Waals surface area contributed by atoms with Crippen LogP contribution in [0.3, 0.4) is 0 Å². The van der Waals surface area contributed by atoms with E-state index in [4.69, 9.17) is 6.42 Å². The molecule has 0 heterocycles. The molecule has 0 aliphatic heterocycles. The molecule has 0 atom stereocenters. The van der Waals surface area contributed by atoms with E-state index in [0.29, 0.717) is 11.3 Å². The zero-order valence-electron chi connectivity index (χ0n) is 11.2. The largest absolute Gasteiger partial charge is 0.416 e. The number of benzene rings is 2. The van der Waals surface area contributed by atoms with E-state index >= 15 is 0 Å².